The van der Waals surface area contributed by atoms with Gasteiger partial charge in [0.05, 0.1) is 31.2 Å². The van der Waals surface area contributed by atoms with Crippen molar-refractivity contribution in [3.63, 3.8) is 0 Å². The Bertz CT molecular complexity index is 1820. The number of rotatable bonds is 12. The average molecular weight is 690 g/mol. The summed E-state index contributed by atoms with van der Waals surface area (Å²) in [5.74, 6) is -8.28. The van der Waals surface area contributed by atoms with Gasteiger partial charge in [-0.1, -0.05) is 18.7 Å². The van der Waals surface area contributed by atoms with E-state index in [-0.39, 0.29) is 41.7 Å². The number of esters is 1. The van der Waals surface area contributed by atoms with Gasteiger partial charge in [0.25, 0.3) is 17.8 Å². The van der Waals surface area contributed by atoms with Gasteiger partial charge in [0.1, 0.15) is 29.6 Å². The van der Waals surface area contributed by atoms with Crippen LogP contribution >= 0.6 is 0 Å². The Kier molecular flexibility index (Phi) is 11.3. The SMILES string of the molecule is C=Cc1ncnc(OCC(C)(F)F)c1C(=O)OC.CCn1cc(-c2ccc(CN3Cc4ncnc(OCC(C)(F)F)c4C3=O)c(F)c2)cn1. The van der Waals surface area contributed by atoms with Crippen molar-refractivity contribution in [3.05, 3.63) is 83.7 Å². The fraction of sp³-hybridized carbons (Fsp3) is 0.344. The molecule has 1 amide bonds. The number of carbonyl (C=O) groups is 2. The molecule has 0 saturated heterocycles. The lowest BCUT2D eigenvalue weighted by Crippen LogP contribution is -2.25. The van der Waals surface area contributed by atoms with E-state index in [2.05, 4.69) is 36.4 Å². The van der Waals surface area contributed by atoms with E-state index in [1.54, 1.807) is 23.0 Å². The molecule has 0 saturated carbocycles. The van der Waals surface area contributed by atoms with E-state index in [4.69, 9.17) is 9.47 Å². The van der Waals surface area contributed by atoms with Crippen molar-refractivity contribution in [1.29, 1.82) is 0 Å². The predicted molar refractivity (Wildman–Crippen MR) is 165 cm³/mol. The fourth-order valence-corrected chi connectivity index (χ4v) is 4.46. The maximum Gasteiger partial charge on any atom is 0.345 e. The van der Waals surface area contributed by atoms with Gasteiger partial charge in [-0.15, -0.1) is 0 Å². The fourth-order valence-electron chi connectivity index (χ4n) is 4.46. The first-order valence-corrected chi connectivity index (χ1v) is 14.7. The second-order valence-electron chi connectivity index (χ2n) is 10.9. The number of aryl methyl sites for hydroxylation is 1. The molecule has 0 unspecified atom stereocenters. The lowest BCUT2D eigenvalue weighted by atomic mass is 10.1. The van der Waals surface area contributed by atoms with Crippen molar-refractivity contribution in [2.75, 3.05) is 20.3 Å². The number of methoxy groups -OCH3 is 1. The molecule has 5 rings (SSSR count). The molecule has 0 bridgehead atoms. The molecule has 4 heterocycles. The van der Waals surface area contributed by atoms with Crippen LogP contribution < -0.4 is 9.47 Å². The Morgan fingerprint density at radius 3 is 2.24 bits per heavy atom. The maximum atomic E-state index is 14.8. The molecular weight excluding hydrogens is 657 g/mol. The van der Waals surface area contributed by atoms with Gasteiger partial charge < -0.3 is 19.1 Å². The van der Waals surface area contributed by atoms with Gasteiger partial charge in [-0.25, -0.2) is 46.7 Å². The second kappa shape index (κ2) is 15.2. The summed E-state index contributed by atoms with van der Waals surface area (Å²) in [5.41, 5.74) is 2.23. The van der Waals surface area contributed by atoms with Crippen molar-refractivity contribution in [3.8, 4) is 22.9 Å². The third-order valence-electron chi connectivity index (χ3n) is 6.79. The molecule has 1 aromatic carbocycles. The highest BCUT2D eigenvalue weighted by molar-refractivity contribution is 5.99. The van der Waals surface area contributed by atoms with Crippen LogP contribution in [0.15, 0.2) is 49.8 Å². The summed E-state index contributed by atoms with van der Waals surface area (Å²) in [4.78, 5) is 41.0. The molecule has 0 spiro atoms. The van der Waals surface area contributed by atoms with Crippen molar-refractivity contribution in [2.45, 2.75) is 52.3 Å². The van der Waals surface area contributed by atoms with Crippen molar-refractivity contribution >= 4 is 18.0 Å². The zero-order valence-corrected chi connectivity index (χ0v) is 26.9. The van der Waals surface area contributed by atoms with E-state index >= 15 is 0 Å². The minimum atomic E-state index is -3.07. The molecule has 0 radical (unpaired) electrons. The molecule has 1 aliphatic rings. The first kappa shape index (κ1) is 36.4. The molecular formula is C32H32F5N7O5. The molecule has 0 N–H and O–H groups in total. The molecule has 17 heteroatoms. The van der Waals surface area contributed by atoms with Crippen LogP contribution in [0, 0.1) is 5.82 Å². The van der Waals surface area contributed by atoms with Gasteiger partial charge >= 0.3 is 5.97 Å². The highest BCUT2D eigenvalue weighted by atomic mass is 19.3. The summed E-state index contributed by atoms with van der Waals surface area (Å²) >= 11 is 0. The maximum absolute atomic E-state index is 14.8. The third kappa shape index (κ3) is 9.33. The van der Waals surface area contributed by atoms with E-state index in [0.717, 1.165) is 25.3 Å². The van der Waals surface area contributed by atoms with Gasteiger partial charge in [0, 0.05) is 44.3 Å². The minimum absolute atomic E-state index is 0.00109. The van der Waals surface area contributed by atoms with Crippen LogP contribution in [-0.4, -0.2) is 78.7 Å². The monoisotopic (exact) mass is 689 g/mol. The van der Waals surface area contributed by atoms with Crippen molar-refractivity contribution < 1.29 is 45.8 Å². The van der Waals surface area contributed by atoms with Crippen LogP contribution in [0.3, 0.4) is 0 Å². The molecule has 1 aliphatic heterocycles. The van der Waals surface area contributed by atoms with Crippen LogP contribution in [0.2, 0.25) is 0 Å². The van der Waals surface area contributed by atoms with E-state index in [0.29, 0.717) is 37.2 Å². The number of nitrogens with zero attached hydrogens (tertiary/aromatic N) is 7. The van der Waals surface area contributed by atoms with Crippen LogP contribution in [0.1, 0.15) is 58.4 Å². The van der Waals surface area contributed by atoms with E-state index in [1.807, 2.05) is 13.1 Å². The quantitative estimate of drug-likeness (QED) is 0.136. The van der Waals surface area contributed by atoms with Gasteiger partial charge in [-0.2, -0.15) is 5.10 Å². The summed E-state index contributed by atoms with van der Waals surface area (Å²) < 4.78 is 82.6. The van der Waals surface area contributed by atoms with Crippen LogP contribution in [0.25, 0.3) is 17.2 Å². The van der Waals surface area contributed by atoms with Crippen LogP contribution in [-0.2, 0) is 24.4 Å². The summed E-state index contributed by atoms with van der Waals surface area (Å²) in [6.07, 6.45) is 7.02. The Morgan fingerprint density at radius 2 is 1.65 bits per heavy atom. The highest BCUT2D eigenvalue weighted by Crippen LogP contribution is 2.31. The number of carbonyl (C=O) groups excluding carboxylic acids is 2. The van der Waals surface area contributed by atoms with E-state index in [9.17, 15) is 31.5 Å². The van der Waals surface area contributed by atoms with Crippen molar-refractivity contribution in [2.24, 2.45) is 0 Å². The number of fused-ring (bicyclic) bond motifs is 1. The Hall–Kier alpha value is -5.48. The predicted octanol–water partition coefficient (Wildman–Crippen LogP) is 5.63. The van der Waals surface area contributed by atoms with E-state index in [1.165, 1.54) is 17.0 Å². The van der Waals surface area contributed by atoms with Crippen LogP contribution in [0.5, 0.6) is 11.8 Å². The summed E-state index contributed by atoms with van der Waals surface area (Å²) in [6.45, 7) is 5.83. The largest absolute Gasteiger partial charge is 0.471 e. The molecule has 0 atom stereocenters. The summed E-state index contributed by atoms with van der Waals surface area (Å²) in [6, 6.07) is 4.78. The molecule has 3 aromatic heterocycles. The number of amides is 1. The Balaban J connectivity index is 0.000000257. The third-order valence-corrected chi connectivity index (χ3v) is 6.79. The number of benzene rings is 1. The molecule has 12 nitrogen and oxygen atoms in total. The average Bonchev–Trinajstić information content (AvgIpc) is 3.67. The number of ether oxygens (including phenoxy) is 3. The van der Waals surface area contributed by atoms with Gasteiger partial charge in [0.15, 0.2) is 13.2 Å². The number of hydrogen-bond donors (Lipinski definition) is 0. The first-order chi connectivity index (χ1) is 23.1. The lowest BCUT2D eigenvalue weighted by molar-refractivity contribution is -0.0250. The van der Waals surface area contributed by atoms with Gasteiger partial charge in [-0.05, 0) is 24.6 Å². The zero-order valence-electron chi connectivity index (χ0n) is 26.9. The highest BCUT2D eigenvalue weighted by Gasteiger charge is 2.34. The molecule has 0 fully saturated rings. The van der Waals surface area contributed by atoms with Gasteiger partial charge in [-0.3, -0.25) is 9.48 Å². The Morgan fingerprint density at radius 1 is 1.00 bits per heavy atom. The first-order valence-electron chi connectivity index (χ1n) is 14.7. The minimum Gasteiger partial charge on any atom is -0.471 e. The molecule has 49 heavy (non-hydrogen) atoms. The normalized spacial score (nSPS) is 12.6. The molecule has 4 aromatic rings. The summed E-state index contributed by atoms with van der Waals surface area (Å²) in [7, 11) is 1.15. The number of aromatic nitrogens is 6. The number of hydrogen-bond acceptors (Lipinski definition) is 10. The molecule has 0 aliphatic carbocycles. The van der Waals surface area contributed by atoms with Crippen molar-refractivity contribution in [1.82, 2.24) is 34.6 Å². The lowest BCUT2D eigenvalue weighted by Gasteiger charge is -2.16. The summed E-state index contributed by atoms with van der Waals surface area (Å²) in [5, 5.41) is 4.19. The standard InChI is InChI=1S/C21H20F3N5O2.C11H12F2N2O3/c1-3-29-9-15(7-27-29)13-4-5-14(16(22)6-13)8-28-10-17-18(20(28)30)19(26-12-25-17)31-11-21(2,23)24;1-4-7-8(10(16)17-3)9(15-6-14-7)18-5-11(2,12)13/h4-7,9,12H,3,8,10-11H2,1-2H3;4,6H,1,5H2,2-3H3. The number of alkyl halides is 4. The zero-order chi connectivity index (χ0) is 35.9. The Labute approximate surface area is 277 Å². The second-order valence-corrected chi connectivity index (χ2v) is 10.9. The van der Waals surface area contributed by atoms with Crippen LogP contribution in [0.4, 0.5) is 22.0 Å². The van der Waals surface area contributed by atoms with Gasteiger partial charge in [0.2, 0.25) is 11.8 Å². The topological polar surface area (TPSA) is 134 Å². The number of halogens is 5. The smallest absolute Gasteiger partial charge is 0.345 e. The molecule has 260 valence electrons. The van der Waals surface area contributed by atoms with E-state index < -0.39 is 42.8 Å².